The second-order valence-corrected chi connectivity index (χ2v) is 4.91. The number of pyridine rings is 1. The molecule has 1 unspecified atom stereocenters. The van der Waals surface area contributed by atoms with Crippen molar-refractivity contribution in [3.63, 3.8) is 0 Å². The number of nitrogens with zero attached hydrogens (tertiary/aromatic N) is 2. The molecule has 4 nitrogen and oxygen atoms in total. The molecule has 1 aliphatic heterocycles. The Morgan fingerprint density at radius 2 is 1.95 bits per heavy atom. The van der Waals surface area contributed by atoms with Gasteiger partial charge in [0.2, 0.25) is 0 Å². The Morgan fingerprint density at radius 1 is 1.21 bits per heavy atom. The van der Waals surface area contributed by atoms with E-state index in [1.54, 1.807) is 6.20 Å². The summed E-state index contributed by atoms with van der Waals surface area (Å²) in [6, 6.07) is 9.01. The number of carboxylic acid groups (broad SMARTS) is 1. The third-order valence-corrected chi connectivity index (χ3v) is 3.70. The molecule has 2 aromatic rings. The molecule has 19 heavy (non-hydrogen) atoms. The number of hydrogen-bond donors (Lipinski definition) is 1. The maximum atomic E-state index is 11.7. The predicted octanol–water partition coefficient (Wildman–Crippen LogP) is 2.46. The van der Waals surface area contributed by atoms with Gasteiger partial charge in [-0.3, -0.25) is 14.7 Å². The second-order valence-electron chi connectivity index (χ2n) is 4.91. The van der Waals surface area contributed by atoms with Crippen LogP contribution in [0.1, 0.15) is 24.4 Å². The molecule has 1 aromatic carbocycles. The topological polar surface area (TPSA) is 53.4 Å². The van der Waals surface area contributed by atoms with E-state index in [4.69, 9.17) is 0 Å². The molecule has 2 heterocycles. The molecule has 3 rings (SSSR count). The van der Waals surface area contributed by atoms with E-state index >= 15 is 0 Å². The van der Waals surface area contributed by atoms with E-state index in [9.17, 15) is 9.90 Å². The smallest absolute Gasteiger partial charge is 0.325 e. The Kier molecular flexibility index (Phi) is 3.17. The summed E-state index contributed by atoms with van der Waals surface area (Å²) in [5, 5.41) is 10.6. The first kappa shape index (κ1) is 12.1. The monoisotopic (exact) mass is 256 g/mol. The Hall–Kier alpha value is -1.94. The quantitative estimate of drug-likeness (QED) is 0.916. The van der Waals surface area contributed by atoms with Crippen molar-refractivity contribution in [2.45, 2.75) is 18.9 Å². The van der Waals surface area contributed by atoms with Crippen molar-refractivity contribution in [1.82, 2.24) is 9.88 Å². The van der Waals surface area contributed by atoms with Crippen LogP contribution in [-0.4, -0.2) is 34.0 Å². The van der Waals surface area contributed by atoms with Crippen LogP contribution in [0.15, 0.2) is 36.5 Å². The van der Waals surface area contributed by atoms with Crippen LogP contribution in [0.5, 0.6) is 0 Å². The summed E-state index contributed by atoms with van der Waals surface area (Å²) in [5.74, 6) is -0.792. The molecule has 0 spiro atoms. The number of para-hydroxylation sites is 1. The lowest BCUT2D eigenvalue weighted by molar-refractivity contribution is -0.143. The Morgan fingerprint density at radius 3 is 2.68 bits per heavy atom. The first-order chi connectivity index (χ1) is 9.27. The molecule has 0 aliphatic carbocycles. The SMILES string of the molecule is O=C(O)C(c1cccc2cccnc12)N1CCCC1. The summed E-state index contributed by atoms with van der Waals surface area (Å²) < 4.78 is 0. The molecular weight excluding hydrogens is 240 g/mol. The molecule has 1 atom stereocenters. The minimum Gasteiger partial charge on any atom is -0.480 e. The normalized spacial score (nSPS) is 17.7. The highest BCUT2D eigenvalue weighted by Crippen LogP contribution is 2.29. The Labute approximate surface area is 111 Å². The van der Waals surface area contributed by atoms with Gasteiger partial charge >= 0.3 is 5.97 Å². The van der Waals surface area contributed by atoms with Crippen molar-refractivity contribution in [1.29, 1.82) is 0 Å². The average molecular weight is 256 g/mol. The number of carboxylic acids is 1. The van der Waals surface area contributed by atoms with Crippen LogP contribution in [0.3, 0.4) is 0 Å². The zero-order valence-electron chi connectivity index (χ0n) is 10.6. The van der Waals surface area contributed by atoms with E-state index in [1.807, 2.05) is 35.2 Å². The van der Waals surface area contributed by atoms with E-state index in [0.717, 1.165) is 42.4 Å². The third kappa shape index (κ3) is 2.19. The molecular formula is C15H16N2O2. The molecule has 4 heteroatoms. The number of rotatable bonds is 3. The summed E-state index contributed by atoms with van der Waals surface area (Å²) in [7, 11) is 0. The Balaban J connectivity index is 2.12. The zero-order chi connectivity index (χ0) is 13.2. The number of hydrogen-bond acceptors (Lipinski definition) is 3. The van der Waals surface area contributed by atoms with Crippen LogP contribution in [0.2, 0.25) is 0 Å². The van der Waals surface area contributed by atoms with Crippen molar-refractivity contribution >= 4 is 16.9 Å². The van der Waals surface area contributed by atoms with E-state index in [1.165, 1.54) is 0 Å². The van der Waals surface area contributed by atoms with Gasteiger partial charge in [-0.1, -0.05) is 24.3 Å². The number of carbonyl (C=O) groups is 1. The fourth-order valence-corrected chi connectivity index (χ4v) is 2.83. The standard InChI is InChI=1S/C15H16N2O2/c18-15(19)14(17-9-1-2-10-17)12-7-3-5-11-6-4-8-16-13(11)12/h3-8,14H,1-2,9-10H2,(H,18,19). The lowest BCUT2D eigenvalue weighted by Gasteiger charge is -2.24. The maximum Gasteiger partial charge on any atom is 0.325 e. The molecule has 0 bridgehead atoms. The number of aromatic nitrogens is 1. The third-order valence-electron chi connectivity index (χ3n) is 3.70. The van der Waals surface area contributed by atoms with Crippen LogP contribution >= 0.6 is 0 Å². The highest BCUT2D eigenvalue weighted by molar-refractivity contribution is 5.87. The largest absolute Gasteiger partial charge is 0.480 e. The number of benzene rings is 1. The van der Waals surface area contributed by atoms with Crippen LogP contribution < -0.4 is 0 Å². The summed E-state index contributed by atoms with van der Waals surface area (Å²) in [5.41, 5.74) is 1.59. The molecule has 1 fully saturated rings. The van der Waals surface area contributed by atoms with Gasteiger partial charge in [0.25, 0.3) is 0 Å². The molecule has 0 amide bonds. The van der Waals surface area contributed by atoms with Gasteiger partial charge in [0.05, 0.1) is 5.52 Å². The number of fused-ring (bicyclic) bond motifs is 1. The number of aliphatic carboxylic acids is 1. The van der Waals surface area contributed by atoms with Crippen LogP contribution in [0.4, 0.5) is 0 Å². The predicted molar refractivity (Wildman–Crippen MR) is 72.9 cm³/mol. The van der Waals surface area contributed by atoms with Crippen LogP contribution in [0, 0.1) is 0 Å². The van der Waals surface area contributed by atoms with Crippen molar-refractivity contribution in [3.05, 3.63) is 42.1 Å². The van der Waals surface area contributed by atoms with E-state index < -0.39 is 12.0 Å². The molecule has 1 aromatic heterocycles. The molecule has 1 saturated heterocycles. The highest BCUT2D eigenvalue weighted by atomic mass is 16.4. The summed E-state index contributed by atoms with van der Waals surface area (Å²) in [6.07, 6.45) is 3.86. The van der Waals surface area contributed by atoms with E-state index in [0.29, 0.717) is 0 Å². The summed E-state index contributed by atoms with van der Waals surface area (Å²) >= 11 is 0. The molecule has 98 valence electrons. The highest BCUT2D eigenvalue weighted by Gasteiger charge is 2.30. The van der Waals surface area contributed by atoms with Crippen molar-refractivity contribution < 1.29 is 9.90 Å². The van der Waals surface area contributed by atoms with Gasteiger partial charge in [-0.05, 0) is 32.0 Å². The van der Waals surface area contributed by atoms with Gasteiger partial charge < -0.3 is 5.11 Å². The lowest BCUT2D eigenvalue weighted by atomic mass is 10.0. The van der Waals surface area contributed by atoms with Gasteiger partial charge in [0.1, 0.15) is 6.04 Å². The van der Waals surface area contributed by atoms with Crippen molar-refractivity contribution in [2.24, 2.45) is 0 Å². The Bertz CT molecular complexity index is 601. The van der Waals surface area contributed by atoms with E-state index in [-0.39, 0.29) is 0 Å². The van der Waals surface area contributed by atoms with Gasteiger partial charge in [-0.15, -0.1) is 0 Å². The lowest BCUT2D eigenvalue weighted by Crippen LogP contribution is -2.31. The minimum absolute atomic E-state index is 0.582. The van der Waals surface area contributed by atoms with Crippen LogP contribution in [0.25, 0.3) is 10.9 Å². The fraction of sp³-hybridized carbons (Fsp3) is 0.333. The van der Waals surface area contributed by atoms with Gasteiger partial charge in [-0.2, -0.15) is 0 Å². The minimum atomic E-state index is -0.792. The molecule has 0 saturated carbocycles. The summed E-state index contributed by atoms with van der Waals surface area (Å²) in [4.78, 5) is 18.1. The number of likely N-dealkylation sites (tertiary alicyclic amines) is 1. The average Bonchev–Trinajstić information content (AvgIpc) is 2.93. The maximum absolute atomic E-state index is 11.7. The first-order valence-corrected chi connectivity index (χ1v) is 6.58. The van der Waals surface area contributed by atoms with Crippen molar-refractivity contribution in [3.8, 4) is 0 Å². The van der Waals surface area contributed by atoms with Gasteiger partial charge in [0, 0.05) is 17.1 Å². The molecule has 1 N–H and O–H groups in total. The first-order valence-electron chi connectivity index (χ1n) is 6.58. The second kappa shape index (κ2) is 4.97. The van der Waals surface area contributed by atoms with Gasteiger partial charge in [0.15, 0.2) is 0 Å². The van der Waals surface area contributed by atoms with E-state index in [2.05, 4.69) is 4.98 Å². The van der Waals surface area contributed by atoms with Gasteiger partial charge in [-0.25, -0.2) is 0 Å². The van der Waals surface area contributed by atoms with Crippen molar-refractivity contribution in [2.75, 3.05) is 13.1 Å². The fourth-order valence-electron chi connectivity index (χ4n) is 2.83. The molecule has 0 radical (unpaired) electrons. The summed E-state index contributed by atoms with van der Waals surface area (Å²) in [6.45, 7) is 1.69. The zero-order valence-corrected chi connectivity index (χ0v) is 10.6. The molecule has 1 aliphatic rings. The van der Waals surface area contributed by atoms with Crippen LogP contribution in [-0.2, 0) is 4.79 Å².